The summed E-state index contributed by atoms with van der Waals surface area (Å²) < 4.78 is 0. The van der Waals surface area contributed by atoms with Crippen molar-refractivity contribution in [2.45, 2.75) is 52.2 Å². The second-order valence-corrected chi connectivity index (χ2v) is 5.98. The van der Waals surface area contributed by atoms with Crippen molar-refractivity contribution in [2.75, 3.05) is 13.1 Å². The smallest absolute Gasteiger partial charge is 0.191 e. The molecule has 1 rings (SSSR count). The highest BCUT2D eigenvalue weighted by molar-refractivity contribution is 6.30. The summed E-state index contributed by atoms with van der Waals surface area (Å²) >= 11 is 6.04. The Morgan fingerprint density at radius 2 is 2.00 bits per heavy atom. The minimum Gasteiger partial charge on any atom is -0.388 e. The molecular weight excluding hydrogens is 298 g/mol. The molecule has 4 nitrogen and oxygen atoms in total. The first kappa shape index (κ1) is 18.8. The Morgan fingerprint density at radius 1 is 1.32 bits per heavy atom. The van der Waals surface area contributed by atoms with Crippen molar-refractivity contribution in [3.63, 3.8) is 0 Å². The largest absolute Gasteiger partial charge is 0.388 e. The molecule has 1 atom stereocenters. The number of benzene rings is 1. The van der Waals surface area contributed by atoms with Gasteiger partial charge in [-0.25, -0.2) is 0 Å². The predicted octanol–water partition coefficient (Wildman–Crippen LogP) is 3.51. The molecule has 0 bridgehead atoms. The summed E-state index contributed by atoms with van der Waals surface area (Å²) in [7, 11) is 0. The Kier molecular flexibility index (Phi) is 7.69. The first-order valence-corrected chi connectivity index (χ1v) is 8.34. The van der Waals surface area contributed by atoms with Crippen LogP contribution in [0.5, 0.6) is 0 Å². The van der Waals surface area contributed by atoms with Crippen LogP contribution in [0.15, 0.2) is 29.3 Å². The van der Waals surface area contributed by atoms with Crippen molar-refractivity contribution in [3.05, 3.63) is 34.9 Å². The number of hydrogen-bond donors (Lipinski definition) is 3. The highest BCUT2D eigenvalue weighted by Crippen LogP contribution is 2.18. The number of nitrogens with one attached hydrogen (secondary N) is 2. The van der Waals surface area contributed by atoms with E-state index in [0.29, 0.717) is 25.3 Å². The molecule has 0 amide bonds. The number of nitrogens with zero attached hydrogens (tertiary/aromatic N) is 1. The average Bonchev–Trinajstić information content (AvgIpc) is 2.52. The van der Waals surface area contributed by atoms with Gasteiger partial charge in [-0.05, 0) is 44.4 Å². The molecule has 1 aromatic rings. The van der Waals surface area contributed by atoms with Gasteiger partial charge in [-0.3, -0.25) is 4.99 Å². The van der Waals surface area contributed by atoms with Gasteiger partial charge < -0.3 is 15.7 Å². The maximum absolute atomic E-state index is 10.4. The van der Waals surface area contributed by atoms with E-state index in [1.165, 1.54) is 0 Å². The van der Waals surface area contributed by atoms with Crippen LogP contribution >= 0.6 is 11.6 Å². The maximum atomic E-state index is 10.4. The van der Waals surface area contributed by atoms with Crippen LogP contribution in [0, 0.1) is 0 Å². The molecule has 0 fully saturated rings. The number of guanidine groups is 1. The summed E-state index contributed by atoms with van der Waals surface area (Å²) in [5.74, 6) is 0.704. The molecule has 0 saturated heterocycles. The van der Waals surface area contributed by atoms with Gasteiger partial charge in [0.1, 0.15) is 0 Å². The van der Waals surface area contributed by atoms with Crippen molar-refractivity contribution in [1.82, 2.24) is 10.6 Å². The van der Waals surface area contributed by atoms with E-state index in [9.17, 15) is 5.11 Å². The molecule has 1 aromatic carbocycles. The number of aliphatic imine (C=N–C) groups is 1. The predicted molar refractivity (Wildman–Crippen MR) is 94.5 cm³/mol. The molecule has 0 aliphatic heterocycles. The maximum Gasteiger partial charge on any atom is 0.191 e. The standard InChI is InChI=1S/C17H28ClN3O/c1-5-17(22,6-2)12-20-16(19-7-3)21-13(4)14-9-8-10-15(18)11-14/h8-11,13,22H,5-7,12H2,1-4H3,(H2,19,20,21). The lowest BCUT2D eigenvalue weighted by Crippen LogP contribution is -2.40. The lowest BCUT2D eigenvalue weighted by Gasteiger charge is -2.24. The van der Waals surface area contributed by atoms with Gasteiger partial charge in [0.25, 0.3) is 0 Å². The molecule has 0 aliphatic rings. The van der Waals surface area contributed by atoms with Crippen molar-refractivity contribution in [3.8, 4) is 0 Å². The highest BCUT2D eigenvalue weighted by atomic mass is 35.5. The molecular formula is C17H28ClN3O. The van der Waals surface area contributed by atoms with Crippen molar-refractivity contribution < 1.29 is 5.11 Å². The number of rotatable bonds is 7. The minimum absolute atomic E-state index is 0.0767. The molecule has 0 spiro atoms. The first-order valence-electron chi connectivity index (χ1n) is 7.96. The van der Waals surface area contributed by atoms with Crippen LogP contribution in [0.1, 0.15) is 52.1 Å². The van der Waals surface area contributed by atoms with Gasteiger partial charge in [0.05, 0.1) is 18.2 Å². The minimum atomic E-state index is -0.734. The number of halogens is 1. The van der Waals surface area contributed by atoms with E-state index in [4.69, 9.17) is 11.6 Å². The summed E-state index contributed by atoms with van der Waals surface area (Å²) in [6, 6.07) is 7.85. The molecule has 0 aliphatic carbocycles. The number of aliphatic hydroxyl groups is 1. The molecule has 124 valence electrons. The van der Waals surface area contributed by atoms with Crippen LogP contribution < -0.4 is 10.6 Å². The van der Waals surface area contributed by atoms with E-state index in [1.807, 2.05) is 45.0 Å². The van der Waals surface area contributed by atoms with E-state index in [2.05, 4.69) is 22.5 Å². The van der Waals surface area contributed by atoms with Crippen molar-refractivity contribution in [1.29, 1.82) is 0 Å². The monoisotopic (exact) mass is 325 g/mol. The van der Waals surface area contributed by atoms with Gasteiger partial charge in [-0.15, -0.1) is 0 Å². The zero-order valence-corrected chi connectivity index (χ0v) is 14.7. The average molecular weight is 326 g/mol. The fourth-order valence-electron chi connectivity index (χ4n) is 2.08. The third-order valence-electron chi connectivity index (χ3n) is 3.89. The van der Waals surface area contributed by atoms with Gasteiger partial charge in [-0.1, -0.05) is 37.6 Å². The van der Waals surface area contributed by atoms with Gasteiger partial charge in [0, 0.05) is 11.6 Å². The highest BCUT2D eigenvalue weighted by Gasteiger charge is 2.21. The van der Waals surface area contributed by atoms with E-state index in [0.717, 1.165) is 17.1 Å². The van der Waals surface area contributed by atoms with Crippen LogP contribution in [0.3, 0.4) is 0 Å². The molecule has 0 heterocycles. The Balaban J connectivity index is 2.78. The Hall–Kier alpha value is -1.26. The van der Waals surface area contributed by atoms with Crippen LogP contribution in [0.2, 0.25) is 5.02 Å². The van der Waals surface area contributed by atoms with E-state index < -0.39 is 5.60 Å². The molecule has 3 N–H and O–H groups in total. The van der Waals surface area contributed by atoms with Gasteiger partial charge in [-0.2, -0.15) is 0 Å². The zero-order chi connectivity index (χ0) is 16.6. The lowest BCUT2D eigenvalue weighted by molar-refractivity contribution is 0.0418. The van der Waals surface area contributed by atoms with Gasteiger partial charge in [0.2, 0.25) is 0 Å². The summed E-state index contributed by atoms with van der Waals surface area (Å²) in [6.07, 6.45) is 1.38. The SMILES string of the molecule is CCNC(=NCC(O)(CC)CC)NC(C)c1cccc(Cl)c1. The third-order valence-corrected chi connectivity index (χ3v) is 4.13. The molecule has 0 aromatic heterocycles. The fourth-order valence-corrected chi connectivity index (χ4v) is 2.28. The normalized spacial score (nSPS) is 13.8. The molecule has 5 heteroatoms. The summed E-state index contributed by atoms with van der Waals surface area (Å²) in [5.41, 5.74) is 0.362. The van der Waals surface area contributed by atoms with E-state index in [-0.39, 0.29) is 6.04 Å². The van der Waals surface area contributed by atoms with Gasteiger partial charge >= 0.3 is 0 Å². The topological polar surface area (TPSA) is 56.7 Å². The summed E-state index contributed by atoms with van der Waals surface area (Å²) in [5, 5.41) is 17.6. The summed E-state index contributed by atoms with van der Waals surface area (Å²) in [4.78, 5) is 4.53. The van der Waals surface area contributed by atoms with Crippen molar-refractivity contribution >= 4 is 17.6 Å². The molecule has 0 radical (unpaired) electrons. The van der Waals surface area contributed by atoms with Crippen molar-refractivity contribution in [2.24, 2.45) is 4.99 Å². The Bertz CT molecular complexity index is 487. The summed E-state index contributed by atoms with van der Waals surface area (Å²) in [6.45, 7) is 9.20. The lowest BCUT2D eigenvalue weighted by atomic mass is 9.98. The van der Waals surface area contributed by atoms with Crippen LogP contribution in [-0.2, 0) is 0 Å². The van der Waals surface area contributed by atoms with Crippen LogP contribution in [0.4, 0.5) is 0 Å². The Morgan fingerprint density at radius 3 is 2.55 bits per heavy atom. The molecule has 0 saturated carbocycles. The Labute approximate surface area is 139 Å². The molecule has 22 heavy (non-hydrogen) atoms. The van der Waals surface area contributed by atoms with Crippen LogP contribution in [0.25, 0.3) is 0 Å². The van der Waals surface area contributed by atoms with E-state index >= 15 is 0 Å². The number of hydrogen-bond acceptors (Lipinski definition) is 2. The second-order valence-electron chi connectivity index (χ2n) is 5.55. The van der Waals surface area contributed by atoms with Crippen LogP contribution in [-0.4, -0.2) is 29.8 Å². The van der Waals surface area contributed by atoms with E-state index in [1.54, 1.807) is 0 Å². The van der Waals surface area contributed by atoms with Gasteiger partial charge in [0.15, 0.2) is 5.96 Å². The zero-order valence-electron chi connectivity index (χ0n) is 14.0. The molecule has 1 unspecified atom stereocenters. The fraction of sp³-hybridized carbons (Fsp3) is 0.588. The first-order chi connectivity index (χ1) is 10.4. The third kappa shape index (κ3) is 5.85. The quantitative estimate of drug-likeness (QED) is 0.531. The second kappa shape index (κ2) is 9.01.